The van der Waals surface area contributed by atoms with Crippen molar-refractivity contribution in [2.75, 3.05) is 6.79 Å². The van der Waals surface area contributed by atoms with Crippen LogP contribution in [0.2, 0.25) is 0 Å². The first-order valence-electron chi connectivity index (χ1n) is 11.2. The van der Waals surface area contributed by atoms with Gasteiger partial charge >= 0.3 is 6.03 Å². The van der Waals surface area contributed by atoms with Crippen molar-refractivity contribution in [3.8, 4) is 11.5 Å². The van der Waals surface area contributed by atoms with Crippen molar-refractivity contribution < 1.29 is 23.9 Å². The summed E-state index contributed by atoms with van der Waals surface area (Å²) in [6.07, 6.45) is 3.48. The molecule has 2 aromatic rings. The number of unbranched alkanes of at least 4 members (excludes halogenated alkanes) is 2. The smallest absolute Gasteiger partial charge is 0.315 e. The Kier molecular flexibility index (Phi) is 9.12. The number of nitrogens with one attached hydrogen (secondary N) is 3. The van der Waals surface area contributed by atoms with E-state index in [1.54, 1.807) is 29.5 Å². The highest BCUT2D eigenvalue weighted by molar-refractivity contribution is 7.09. The molecule has 1 aliphatic heterocycles. The molecule has 0 spiro atoms. The average Bonchev–Trinajstić information content (AvgIpc) is 3.47. The van der Waals surface area contributed by atoms with Gasteiger partial charge in [-0.15, -0.1) is 11.3 Å². The first kappa shape index (κ1) is 24.6. The second kappa shape index (κ2) is 12.2. The highest BCUT2D eigenvalue weighted by Crippen LogP contribution is 2.34. The lowest BCUT2D eigenvalue weighted by Crippen LogP contribution is -2.50. The van der Waals surface area contributed by atoms with Crippen molar-refractivity contribution >= 4 is 29.1 Å². The van der Waals surface area contributed by atoms with Crippen molar-refractivity contribution in [2.24, 2.45) is 0 Å². The van der Waals surface area contributed by atoms with Crippen LogP contribution in [0.4, 0.5) is 4.79 Å². The number of ketones is 1. The van der Waals surface area contributed by atoms with Crippen LogP contribution in [0.25, 0.3) is 0 Å². The molecule has 0 fully saturated rings. The number of hydrogen-bond acceptors (Lipinski definition) is 6. The van der Waals surface area contributed by atoms with Crippen LogP contribution in [-0.2, 0) is 16.1 Å². The van der Waals surface area contributed by atoms with Gasteiger partial charge in [-0.05, 0) is 42.5 Å². The Morgan fingerprint density at radius 2 is 1.91 bits per heavy atom. The molecule has 0 radical (unpaired) electrons. The van der Waals surface area contributed by atoms with E-state index in [2.05, 4.69) is 22.9 Å². The normalized spacial score (nSPS) is 13.8. The van der Waals surface area contributed by atoms with E-state index in [0.29, 0.717) is 24.5 Å². The molecule has 1 aliphatic rings. The monoisotopic (exact) mass is 473 g/mol. The van der Waals surface area contributed by atoms with E-state index in [1.807, 2.05) is 17.5 Å². The lowest BCUT2D eigenvalue weighted by molar-refractivity contribution is -0.123. The molecular formula is C24H31N3O5S. The van der Waals surface area contributed by atoms with Gasteiger partial charge in [0.25, 0.3) is 0 Å². The van der Waals surface area contributed by atoms with Gasteiger partial charge in [-0.3, -0.25) is 9.59 Å². The predicted molar refractivity (Wildman–Crippen MR) is 126 cm³/mol. The zero-order valence-corrected chi connectivity index (χ0v) is 19.8. The maximum absolute atomic E-state index is 12.9. The second-order valence-corrected chi connectivity index (χ2v) is 9.07. The van der Waals surface area contributed by atoms with Gasteiger partial charge < -0.3 is 25.4 Å². The van der Waals surface area contributed by atoms with Crippen molar-refractivity contribution in [1.29, 1.82) is 0 Å². The molecule has 0 saturated carbocycles. The molecule has 3 rings (SSSR count). The molecular weight excluding hydrogens is 442 g/mol. The Morgan fingerprint density at radius 1 is 1.09 bits per heavy atom. The topological polar surface area (TPSA) is 106 Å². The molecule has 0 bridgehead atoms. The summed E-state index contributed by atoms with van der Waals surface area (Å²) >= 11 is 1.57. The van der Waals surface area contributed by atoms with Crippen LogP contribution in [0, 0.1) is 0 Å². The van der Waals surface area contributed by atoms with Crippen LogP contribution in [0.3, 0.4) is 0 Å². The third-order valence-corrected chi connectivity index (χ3v) is 6.21. The van der Waals surface area contributed by atoms with Gasteiger partial charge in [0.2, 0.25) is 12.7 Å². The summed E-state index contributed by atoms with van der Waals surface area (Å²) in [6, 6.07) is 7.50. The molecule has 9 heteroatoms. The number of carbonyl (C=O) groups is 3. The standard InChI is InChI=1S/C24H31N3O5S/c1-3-4-5-8-19(23(29)25-14-18-7-6-11-33-18)26-24(30)27-20(12-16(2)28)17-9-10-21-22(13-17)32-15-31-21/h6-7,9-11,13,19-20H,3-5,8,12,14-15H2,1-2H3,(H,25,29)(H2,26,27,30)/t19-,20-/m0/s1. The third kappa shape index (κ3) is 7.49. The molecule has 0 aliphatic carbocycles. The van der Waals surface area contributed by atoms with Crippen LogP contribution >= 0.6 is 11.3 Å². The van der Waals surface area contributed by atoms with Gasteiger partial charge in [-0.25, -0.2) is 4.79 Å². The van der Waals surface area contributed by atoms with E-state index < -0.39 is 18.1 Å². The van der Waals surface area contributed by atoms with Gasteiger partial charge in [0.15, 0.2) is 11.5 Å². The maximum Gasteiger partial charge on any atom is 0.315 e. The summed E-state index contributed by atoms with van der Waals surface area (Å²) < 4.78 is 10.8. The minimum Gasteiger partial charge on any atom is -0.454 e. The number of Topliss-reactive ketones (excluding diaryl/α,β-unsaturated/α-hetero) is 1. The van der Waals surface area contributed by atoms with Crippen LogP contribution in [0.5, 0.6) is 11.5 Å². The third-order valence-electron chi connectivity index (χ3n) is 5.33. The molecule has 3 amide bonds. The first-order valence-corrected chi connectivity index (χ1v) is 12.1. The number of ether oxygens (including phenoxy) is 2. The number of rotatable bonds is 12. The fraction of sp³-hybridized carbons (Fsp3) is 0.458. The summed E-state index contributed by atoms with van der Waals surface area (Å²) in [5.74, 6) is 0.920. The fourth-order valence-electron chi connectivity index (χ4n) is 3.61. The van der Waals surface area contributed by atoms with Crippen LogP contribution in [0.15, 0.2) is 35.7 Å². The zero-order valence-electron chi connectivity index (χ0n) is 19.0. The molecule has 3 N–H and O–H groups in total. The van der Waals surface area contributed by atoms with Crippen LogP contribution in [-0.4, -0.2) is 30.6 Å². The Morgan fingerprint density at radius 3 is 2.64 bits per heavy atom. The maximum atomic E-state index is 12.9. The summed E-state index contributed by atoms with van der Waals surface area (Å²) in [4.78, 5) is 38.6. The van der Waals surface area contributed by atoms with Crippen molar-refractivity contribution in [3.05, 3.63) is 46.2 Å². The molecule has 178 valence electrons. The average molecular weight is 474 g/mol. The van der Waals surface area contributed by atoms with Gasteiger partial charge in [0.05, 0.1) is 12.6 Å². The number of thiophene rings is 1. The Labute approximate surface area is 198 Å². The Bertz CT molecular complexity index is 948. The lowest BCUT2D eigenvalue weighted by Gasteiger charge is -2.22. The molecule has 1 aromatic heterocycles. The predicted octanol–water partition coefficient (Wildman–Crippen LogP) is 4.06. The van der Waals surface area contributed by atoms with E-state index in [1.165, 1.54) is 6.92 Å². The van der Waals surface area contributed by atoms with Crippen molar-refractivity contribution in [3.63, 3.8) is 0 Å². The van der Waals surface area contributed by atoms with E-state index in [-0.39, 0.29) is 24.9 Å². The van der Waals surface area contributed by atoms with E-state index >= 15 is 0 Å². The van der Waals surface area contributed by atoms with Crippen molar-refractivity contribution in [1.82, 2.24) is 16.0 Å². The van der Waals surface area contributed by atoms with E-state index in [9.17, 15) is 14.4 Å². The van der Waals surface area contributed by atoms with Gasteiger partial charge in [-0.1, -0.05) is 38.3 Å². The van der Waals surface area contributed by atoms with Gasteiger partial charge in [0, 0.05) is 11.3 Å². The second-order valence-electron chi connectivity index (χ2n) is 8.03. The van der Waals surface area contributed by atoms with E-state index in [4.69, 9.17) is 9.47 Å². The summed E-state index contributed by atoms with van der Waals surface area (Å²) in [7, 11) is 0. The van der Waals surface area contributed by atoms with Crippen LogP contribution < -0.4 is 25.4 Å². The number of benzene rings is 1. The fourth-order valence-corrected chi connectivity index (χ4v) is 4.25. The minimum absolute atomic E-state index is 0.0637. The summed E-state index contributed by atoms with van der Waals surface area (Å²) in [5.41, 5.74) is 0.731. The SMILES string of the molecule is CCCCC[C@H](NC(=O)N[C@@H](CC(C)=O)c1ccc2c(c1)OCO2)C(=O)NCc1cccs1. The largest absolute Gasteiger partial charge is 0.454 e. The zero-order chi connectivity index (χ0) is 23.6. The summed E-state index contributed by atoms with van der Waals surface area (Å²) in [5, 5.41) is 10.5. The lowest BCUT2D eigenvalue weighted by atomic mass is 10.0. The molecule has 1 aromatic carbocycles. The molecule has 8 nitrogen and oxygen atoms in total. The van der Waals surface area contributed by atoms with Gasteiger partial charge in [0.1, 0.15) is 11.8 Å². The highest BCUT2D eigenvalue weighted by atomic mass is 32.1. The molecule has 2 atom stereocenters. The molecule has 0 saturated heterocycles. The molecule has 0 unspecified atom stereocenters. The quantitative estimate of drug-likeness (QED) is 0.403. The van der Waals surface area contributed by atoms with E-state index in [0.717, 1.165) is 29.7 Å². The number of amides is 3. The number of hydrogen-bond donors (Lipinski definition) is 3. The summed E-state index contributed by atoms with van der Waals surface area (Å²) in [6.45, 7) is 4.13. The van der Waals surface area contributed by atoms with Gasteiger partial charge in [-0.2, -0.15) is 0 Å². The highest BCUT2D eigenvalue weighted by Gasteiger charge is 2.24. The molecule has 33 heavy (non-hydrogen) atoms. The molecule has 2 heterocycles. The van der Waals surface area contributed by atoms with Crippen molar-refractivity contribution in [2.45, 2.75) is 64.6 Å². The number of fused-ring (bicyclic) bond motifs is 1. The van der Waals surface area contributed by atoms with Crippen LogP contribution in [0.1, 0.15) is 62.4 Å². The Balaban J connectivity index is 1.64. The number of urea groups is 1. The minimum atomic E-state index is -0.661. The number of carbonyl (C=O) groups excluding carboxylic acids is 3. The Hall–Kier alpha value is -3.07. The first-order chi connectivity index (χ1) is 16.0.